The number of methoxy groups -OCH3 is 1. The molecule has 0 amide bonds. The van der Waals surface area contributed by atoms with Crippen molar-refractivity contribution in [1.29, 1.82) is 0 Å². The Kier molecular flexibility index (Phi) is 6.09. The Bertz CT molecular complexity index is 1520. The van der Waals surface area contributed by atoms with E-state index in [2.05, 4.69) is 5.10 Å². The Morgan fingerprint density at radius 1 is 1.06 bits per heavy atom. The number of halogens is 2. The standard InChI is InChI=1S/C24H24F2N4O4/c1-5-28-22(12-31)27-30(24(28)33)21-10-15-16(9-19(21)26)23(32)29(11-17(15)13(2)3)20-8-14(34-4)6-7-18(20)25/h6-11,13,31H,5,12H2,1-4H3. The maximum absolute atomic E-state index is 15.3. The van der Waals surface area contributed by atoms with Gasteiger partial charge in [0.05, 0.1) is 18.2 Å². The molecule has 10 heteroatoms. The maximum Gasteiger partial charge on any atom is 0.350 e. The predicted molar refractivity (Wildman–Crippen MR) is 123 cm³/mol. The van der Waals surface area contributed by atoms with Crippen LogP contribution < -0.4 is 16.0 Å². The average molecular weight is 470 g/mol. The Morgan fingerprint density at radius 2 is 1.79 bits per heavy atom. The Balaban J connectivity index is 2.05. The van der Waals surface area contributed by atoms with Crippen LogP contribution in [0.4, 0.5) is 8.78 Å². The van der Waals surface area contributed by atoms with Crippen LogP contribution in [0.3, 0.4) is 0 Å². The highest BCUT2D eigenvalue weighted by Gasteiger charge is 2.21. The van der Waals surface area contributed by atoms with Gasteiger partial charge in [-0.2, -0.15) is 4.68 Å². The minimum atomic E-state index is -0.851. The van der Waals surface area contributed by atoms with E-state index in [1.165, 1.54) is 42.1 Å². The van der Waals surface area contributed by atoms with E-state index < -0.39 is 29.5 Å². The van der Waals surface area contributed by atoms with Crippen LogP contribution in [-0.4, -0.2) is 31.1 Å². The molecule has 1 N–H and O–H groups in total. The highest BCUT2D eigenvalue weighted by Crippen LogP contribution is 2.29. The summed E-state index contributed by atoms with van der Waals surface area (Å²) in [5, 5.41) is 14.0. The number of aliphatic hydroxyl groups excluding tert-OH is 1. The molecule has 0 aliphatic rings. The van der Waals surface area contributed by atoms with Gasteiger partial charge in [-0.1, -0.05) is 13.8 Å². The topological polar surface area (TPSA) is 91.3 Å². The van der Waals surface area contributed by atoms with Crippen LogP contribution in [0.25, 0.3) is 22.1 Å². The van der Waals surface area contributed by atoms with Crippen LogP contribution in [0.2, 0.25) is 0 Å². The van der Waals surface area contributed by atoms with Crippen molar-refractivity contribution in [3.8, 4) is 17.1 Å². The fourth-order valence-electron chi connectivity index (χ4n) is 4.01. The molecule has 4 aromatic rings. The lowest BCUT2D eigenvalue weighted by Gasteiger charge is -2.17. The van der Waals surface area contributed by atoms with Gasteiger partial charge in [-0.3, -0.25) is 13.9 Å². The molecule has 8 nitrogen and oxygen atoms in total. The molecule has 2 aromatic carbocycles. The Morgan fingerprint density at radius 3 is 2.38 bits per heavy atom. The lowest BCUT2D eigenvalue weighted by atomic mass is 9.97. The summed E-state index contributed by atoms with van der Waals surface area (Å²) >= 11 is 0. The average Bonchev–Trinajstić information content (AvgIpc) is 3.14. The van der Waals surface area contributed by atoms with Gasteiger partial charge < -0.3 is 9.84 Å². The van der Waals surface area contributed by atoms with Crippen LogP contribution in [0.15, 0.2) is 46.1 Å². The molecule has 2 aromatic heterocycles. The number of fused-ring (bicyclic) bond motifs is 1. The zero-order valence-corrected chi connectivity index (χ0v) is 19.2. The van der Waals surface area contributed by atoms with Gasteiger partial charge in [0.2, 0.25) is 0 Å². The summed E-state index contributed by atoms with van der Waals surface area (Å²) in [6, 6.07) is 6.45. The quantitative estimate of drug-likeness (QED) is 0.467. The molecule has 0 aliphatic carbocycles. The normalized spacial score (nSPS) is 11.5. The molecule has 2 heterocycles. The van der Waals surface area contributed by atoms with Crippen molar-refractivity contribution in [1.82, 2.24) is 18.9 Å². The van der Waals surface area contributed by atoms with E-state index in [0.717, 1.165) is 15.3 Å². The molecule has 0 radical (unpaired) electrons. The molecule has 0 saturated carbocycles. The summed E-state index contributed by atoms with van der Waals surface area (Å²) in [6.45, 7) is 5.24. The number of hydrogen-bond donors (Lipinski definition) is 1. The lowest BCUT2D eigenvalue weighted by Crippen LogP contribution is -2.25. The maximum atomic E-state index is 15.3. The van der Waals surface area contributed by atoms with Gasteiger partial charge in [-0.05, 0) is 48.1 Å². The third-order valence-electron chi connectivity index (χ3n) is 5.78. The monoisotopic (exact) mass is 470 g/mol. The largest absolute Gasteiger partial charge is 0.497 e. The molecule has 4 rings (SSSR count). The van der Waals surface area contributed by atoms with Gasteiger partial charge in [-0.25, -0.2) is 13.6 Å². The number of pyridine rings is 1. The minimum Gasteiger partial charge on any atom is -0.497 e. The summed E-state index contributed by atoms with van der Waals surface area (Å²) < 4.78 is 38.3. The highest BCUT2D eigenvalue weighted by atomic mass is 19.1. The second-order valence-electron chi connectivity index (χ2n) is 8.09. The minimum absolute atomic E-state index is 0.0249. The van der Waals surface area contributed by atoms with Crippen molar-refractivity contribution in [2.45, 2.75) is 39.8 Å². The van der Waals surface area contributed by atoms with Crippen LogP contribution in [0.1, 0.15) is 38.1 Å². The molecule has 0 spiro atoms. The van der Waals surface area contributed by atoms with Crippen LogP contribution in [0.5, 0.6) is 5.75 Å². The molecular formula is C24H24F2N4O4. The van der Waals surface area contributed by atoms with Gasteiger partial charge in [0.25, 0.3) is 5.56 Å². The lowest BCUT2D eigenvalue weighted by molar-refractivity contribution is 0.264. The zero-order chi connectivity index (χ0) is 24.7. The highest BCUT2D eigenvalue weighted by molar-refractivity contribution is 5.87. The first-order valence-corrected chi connectivity index (χ1v) is 10.7. The zero-order valence-electron chi connectivity index (χ0n) is 19.2. The number of benzene rings is 2. The molecule has 0 aliphatic heterocycles. The number of ether oxygens (including phenoxy) is 1. The van der Waals surface area contributed by atoms with Gasteiger partial charge in [0, 0.05) is 18.8 Å². The Hall–Kier alpha value is -3.79. The number of aliphatic hydroxyl groups is 1. The van der Waals surface area contributed by atoms with Crippen molar-refractivity contribution in [3.05, 3.63) is 80.4 Å². The number of hydrogen-bond acceptors (Lipinski definition) is 5. The van der Waals surface area contributed by atoms with Gasteiger partial charge in [0.15, 0.2) is 5.82 Å². The van der Waals surface area contributed by atoms with E-state index in [1.807, 2.05) is 13.8 Å². The first kappa shape index (κ1) is 23.4. The molecule has 0 bridgehead atoms. The smallest absolute Gasteiger partial charge is 0.350 e. The second kappa shape index (κ2) is 8.86. The molecule has 0 unspecified atom stereocenters. The number of nitrogens with zero attached hydrogens (tertiary/aromatic N) is 4. The SMILES string of the molecule is CCn1c(CO)nn(-c2cc3c(C(C)C)cn(-c4cc(OC)ccc4F)c(=O)c3cc2F)c1=O. The number of rotatable bonds is 6. The second-order valence-corrected chi connectivity index (χ2v) is 8.09. The summed E-state index contributed by atoms with van der Waals surface area (Å²) in [5.41, 5.74) is -0.764. The first-order chi connectivity index (χ1) is 16.2. The molecule has 178 valence electrons. The third kappa shape index (κ3) is 3.69. The van der Waals surface area contributed by atoms with E-state index in [9.17, 15) is 19.1 Å². The van der Waals surface area contributed by atoms with E-state index >= 15 is 4.39 Å². The molecule has 0 atom stereocenters. The summed E-state index contributed by atoms with van der Waals surface area (Å²) in [4.78, 5) is 26.1. The van der Waals surface area contributed by atoms with E-state index in [0.29, 0.717) is 16.7 Å². The molecule has 0 fully saturated rings. The summed E-state index contributed by atoms with van der Waals surface area (Å²) in [5.74, 6) is -1.15. The van der Waals surface area contributed by atoms with Crippen LogP contribution in [-0.2, 0) is 13.2 Å². The predicted octanol–water partition coefficient (Wildman–Crippen LogP) is 3.26. The van der Waals surface area contributed by atoms with Gasteiger partial charge in [0.1, 0.15) is 29.7 Å². The van der Waals surface area contributed by atoms with Crippen molar-refractivity contribution in [2.24, 2.45) is 0 Å². The third-order valence-corrected chi connectivity index (χ3v) is 5.78. The summed E-state index contributed by atoms with van der Waals surface area (Å²) in [6.07, 6.45) is 1.52. The molecular weight excluding hydrogens is 446 g/mol. The fraction of sp³-hybridized carbons (Fsp3) is 0.292. The fourth-order valence-corrected chi connectivity index (χ4v) is 4.01. The van der Waals surface area contributed by atoms with Gasteiger partial charge in [-0.15, -0.1) is 5.10 Å². The Labute approximate surface area is 193 Å². The van der Waals surface area contributed by atoms with Crippen molar-refractivity contribution in [2.75, 3.05) is 7.11 Å². The number of aromatic nitrogens is 4. The molecule has 34 heavy (non-hydrogen) atoms. The van der Waals surface area contributed by atoms with Crippen molar-refractivity contribution < 1.29 is 18.6 Å². The van der Waals surface area contributed by atoms with Gasteiger partial charge >= 0.3 is 5.69 Å². The molecule has 0 saturated heterocycles. The van der Waals surface area contributed by atoms with E-state index in [4.69, 9.17) is 4.74 Å². The van der Waals surface area contributed by atoms with Crippen molar-refractivity contribution >= 4 is 10.8 Å². The van der Waals surface area contributed by atoms with Crippen LogP contribution >= 0.6 is 0 Å². The summed E-state index contributed by atoms with van der Waals surface area (Å²) in [7, 11) is 1.43. The van der Waals surface area contributed by atoms with E-state index in [-0.39, 0.29) is 35.0 Å². The van der Waals surface area contributed by atoms with Crippen LogP contribution in [0, 0.1) is 11.6 Å². The van der Waals surface area contributed by atoms with Crippen molar-refractivity contribution in [3.63, 3.8) is 0 Å². The first-order valence-electron chi connectivity index (χ1n) is 10.7. The van der Waals surface area contributed by atoms with E-state index in [1.54, 1.807) is 6.92 Å².